The van der Waals surface area contributed by atoms with Gasteiger partial charge in [0.15, 0.2) is 14.1 Å². The fourth-order valence-corrected chi connectivity index (χ4v) is 6.06. The van der Waals surface area contributed by atoms with Gasteiger partial charge in [0, 0.05) is 4.92 Å². The van der Waals surface area contributed by atoms with Crippen LogP contribution in [0.1, 0.15) is 41.5 Å². The van der Waals surface area contributed by atoms with Crippen molar-refractivity contribution in [2.45, 2.75) is 71.6 Å². The Morgan fingerprint density at radius 3 is 2.04 bits per heavy atom. The minimum absolute atomic E-state index is 0.0288. The molecule has 0 N–H and O–H groups in total. The van der Waals surface area contributed by atoms with Gasteiger partial charge in [0.1, 0.15) is 11.5 Å². The number of rotatable bonds is 10. The number of esters is 1. The average molecular weight is 392 g/mol. The van der Waals surface area contributed by atoms with Crippen LogP contribution in [0, 0.1) is 15.5 Å². The summed E-state index contributed by atoms with van der Waals surface area (Å²) in [5, 5.41) is 11.4. The summed E-state index contributed by atoms with van der Waals surface area (Å²) < 4.78 is 23.1. The van der Waals surface area contributed by atoms with E-state index in [-0.39, 0.29) is 19.8 Å². The van der Waals surface area contributed by atoms with Gasteiger partial charge in [0.2, 0.25) is 6.54 Å². The highest BCUT2D eigenvalue weighted by Crippen LogP contribution is 2.38. The van der Waals surface area contributed by atoms with E-state index >= 15 is 0 Å². The van der Waals surface area contributed by atoms with E-state index in [1.165, 1.54) is 0 Å². The number of carbonyl (C=O) groups is 1. The lowest BCUT2D eigenvalue weighted by Crippen LogP contribution is -2.61. The van der Waals surface area contributed by atoms with Crippen molar-refractivity contribution in [1.29, 1.82) is 0 Å². The van der Waals surface area contributed by atoms with Crippen molar-refractivity contribution < 1.29 is 28.4 Å². The minimum atomic E-state index is -2.21. The standard InChI is InChI=1S/C17H33NO7Si/c1-7-22-15(19)17(12-23-16(5,6)24-13-17)14(11-18(20)21)25-26(8-2,9-3)10-4/h14H,7-13H2,1-6H3. The normalized spacial score (nSPS) is 20.4. The predicted octanol–water partition coefficient (Wildman–Crippen LogP) is 2.99. The molecule has 1 aliphatic rings. The smallest absolute Gasteiger partial charge is 0.319 e. The molecule has 0 aromatic carbocycles. The third kappa shape index (κ3) is 5.25. The van der Waals surface area contributed by atoms with E-state index in [1.807, 2.05) is 20.8 Å². The summed E-state index contributed by atoms with van der Waals surface area (Å²) in [4.78, 5) is 23.8. The van der Waals surface area contributed by atoms with E-state index < -0.39 is 43.1 Å². The van der Waals surface area contributed by atoms with Crippen LogP contribution in [-0.2, 0) is 23.4 Å². The zero-order valence-electron chi connectivity index (χ0n) is 16.8. The third-order valence-corrected chi connectivity index (χ3v) is 9.94. The largest absolute Gasteiger partial charge is 0.465 e. The van der Waals surface area contributed by atoms with Crippen LogP contribution >= 0.6 is 0 Å². The summed E-state index contributed by atoms with van der Waals surface area (Å²) >= 11 is 0. The molecule has 0 aromatic heterocycles. The third-order valence-electron chi connectivity index (χ3n) is 5.29. The molecule has 1 unspecified atom stereocenters. The Bertz CT molecular complexity index is 475. The second kappa shape index (κ2) is 9.25. The molecule has 152 valence electrons. The number of ether oxygens (including phenoxy) is 3. The van der Waals surface area contributed by atoms with Crippen molar-refractivity contribution >= 4 is 14.3 Å². The average Bonchev–Trinajstić information content (AvgIpc) is 2.59. The second-order valence-corrected chi connectivity index (χ2v) is 11.9. The molecule has 1 rings (SSSR count). The summed E-state index contributed by atoms with van der Waals surface area (Å²) in [7, 11) is -2.21. The number of hydrogen-bond donors (Lipinski definition) is 0. The number of nitrogens with zero attached hydrogens (tertiary/aromatic N) is 1. The summed E-state index contributed by atoms with van der Waals surface area (Å²) in [5.74, 6) is -1.42. The van der Waals surface area contributed by atoms with E-state index in [9.17, 15) is 14.9 Å². The molecule has 9 heteroatoms. The van der Waals surface area contributed by atoms with Gasteiger partial charge in [-0.05, 0) is 38.9 Å². The van der Waals surface area contributed by atoms with Gasteiger partial charge in [0.25, 0.3) is 0 Å². The highest BCUT2D eigenvalue weighted by molar-refractivity contribution is 6.73. The molecule has 1 fully saturated rings. The van der Waals surface area contributed by atoms with Crippen LogP contribution in [0.3, 0.4) is 0 Å². The monoisotopic (exact) mass is 391 g/mol. The predicted molar refractivity (Wildman–Crippen MR) is 99.0 cm³/mol. The molecule has 1 aliphatic heterocycles. The Hall–Kier alpha value is -1.03. The zero-order chi connectivity index (χ0) is 20.0. The quantitative estimate of drug-likeness (QED) is 0.244. The van der Waals surface area contributed by atoms with Crippen LogP contribution in [0.2, 0.25) is 18.1 Å². The molecular weight excluding hydrogens is 358 g/mol. The van der Waals surface area contributed by atoms with Gasteiger partial charge < -0.3 is 18.6 Å². The molecule has 0 amide bonds. The fraction of sp³-hybridized carbons (Fsp3) is 0.941. The first-order chi connectivity index (χ1) is 12.1. The van der Waals surface area contributed by atoms with Crippen molar-refractivity contribution in [3.8, 4) is 0 Å². The lowest BCUT2D eigenvalue weighted by Gasteiger charge is -2.46. The van der Waals surface area contributed by atoms with Gasteiger partial charge in [-0.15, -0.1) is 0 Å². The fourth-order valence-electron chi connectivity index (χ4n) is 3.16. The molecule has 0 radical (unpaired) electrons. The molecule has 8 nitrogen and oxygen atoms in total. The first-order valence-electron chi connectivity index (χ1n) is 9.35. The summed E-state index contributed by atoms with van der Waals surface area (Å²) in [6.45, 7) is 10.9. The Balaban J connectivity index is 3.29. The van der Waals surface area contributed by atoms with Gasteiger partial charge in [-0.25, -0.2) is 0 Å². The van der Waals surface area contributed by atoms with Crippen LogP contribution in [0.15, 0.2) is 0 Å². The lowest BCUT2D eigenvalue weighted by molar-refractivity contribution is -0.495. The maximum atomic E-state index is 12.8. The van der Waals surface area contributed by atoms with Crippen molar-refractivity contribution in [2.24, 2.45) is 5.41 Å². The van der Waals surface area contributed by atoms with Crippen LogP contribution in [0.4, 0.5) is 0 Å². The molecule has 0 aliphatic carbocycles. The van der Waals surface area contributed by atoms with Crippen LogP contribution in [-0.4, -0.2) is 57.5 Å². The van der Waals surface area contributed by atoms with Gasteiger partial charge in [0.05, 0.1) is 19.8 Å². The molecule has 1 heterocycles. The van der Waals surface area contributed by atoms with E-state index in [2.05, 4.69) is 0 Å². The van der Waals surface area contributed by atoms with Gasteiger partial charge in [-0.3, -0.25) is 14.9 Å². The summed E-state index contributed by atoms with van der Waals surface area (Å²) in [6, 6.07) is 2.46. The topological polar surface area (TPSA) is 97.1 Å². The maximum Gasteiger partial charge on any atom is 0.319 e. The van der Waals surface area contributed by atoms with Crippen molar-refractivity contribution in [3.63, 3.8) is 0 Å². The minimum Gasteiger partial charge on any atom is -0.465 e. The second-order valence-electron chi connectivity index (χ2n) is 7.22. The highest BCUT2D eigenvalue weighted by Gasteiger charge is 2.56. The van der Waals surface area contributed by atoms with Crippen molar-refractivity contribution in [1.82, 2.24) is 0 Å². The zero-order valence-corrected chi connectivity index (χ0v) is 17.8. The number of nitro groups is 1. The van der Waals surface area contributed by atoms with Crippen molar-refractivity contribution in [3.05, 3.63) is 10.1 Å². The van der Waals surface area contributed by atoms with Gasteiger partial charge in [-0.2, -0.15) is 0 Å². The van der Waals surface area contributed by atoms with Crippen LogP contribution in [0.25, 0.3) is 0 Å². The summed E-state index contributed by atoms with van der Waals surface area (Å²) in [6.07, 6.45) is -0.945. The number of carbonyl (C=O) groups excluding carboxylic acids is 1. The van der Waals surface area contributed by atoms with E-state index in [0.717, 1.165) is 18.1 Å². The molecular formula is C17H33NO7Si. The highest BCUT2D eigenvalue weighted by atomic mass is 28.4. The Kier molecular flexibility index (Phi) is 8.19. The Labute approximate surface area is 156 Å². The Morgan fingerprint density at radius 1 is 1.15 bits per heavy atom. The molecule has 0 spiro atoms. The lowest BCUT2D eigenvalue weighted by atomic mass is 9.82. The molecule has 1 saturated heterocycles. The van der Waals surface area contributed by atoms with Gasteiger partial charge >= 0.3 is 5.97 Å². The maximum absolute atomic E-state index is 12.8. The van der Waals surface area contributed by atoms with E-state index in [1.54, 1.807) is 20.8 Å². The van der Waals surface area contributed by atoms with E-state index in [4.69, 9.17) is 18.6 Å². The van der Waals surface area contributed by atoms with Gasteiger partial charge in [-0.1, -0.05) is 20.8 Å². The first kappa shape index (κ1) is 23.0. The molecule has 26 heavy (non-hydrogen) atoms. The van der Waals surface area contributed by atoms with E-state index in [0.29, 0.717) is 0 Å². The molecule has 0 saturated carbocycles. The van der Waals surface area contributed by atoms with Crippen LogP contribution < -0.4 is 0 Å². The van der Waals surface area contributed by atoms with Crippen molar-refractivity contribution in [2.75, 3.05) is 26.4 Å². The Morgan fingerprint density at radius 2 is 1.65 bits per heavy atom. The molecule has 0 aromatic rings. The van der Waals surface area contributed by atoms with Crippen LogP contribution in [0.5, 0.6) is 0 Å². The SMILES string of the molecule is CCOC(=O)C1(C(C[N+](=O)[O-])O[Si](CC)(CC)CC)COC(C)(C)OC1. The molecule has 0 bridgehead atoms. The first-order valence-corrected chi connectivity index (χ1v) is 11.9. The number of hydrogen-bond acceptors (Lipinski definition) is 7. The molecule has 1 atom stereocenters. The summed E-state index contributed by atoms with van der Waals surface area (Å²) in [5.41, 5.74) is -1.34.